The number of aliphatic hydroxyl groups is 1. The maximum absolute atomic E-state index is 10.5. The molecule has 0 amide bonds. The van der Waals surface area contributed by atoms with Gasteiger partial charge < -0.3 is 14.6 Å². The van der Waals surface area contributed by atoms with E-state index < -0.39 is 5.60 Å². The highest BCUT2D eigenvalue weighted by Crippen LogP contribution is 2.32. The van der Waals surface area contributed by atoms with Crippen LogP contribution in [0.4, 0.5) is 0 Å². The third-order valence-corrected chi connectivity index (χ3v) is 3.44. The first-order valence-corrected chi connectivity index (χ1v) is 6.34. The molecule has 1 aromatic carbocycles. The fraction of sp³-hybridized carbons (Fsp3) is 0.571. The van der Waals surface area contributed by atoms with Crippen LogP contribution >= 0.6 is 0 Å². The Morgan fingerprint density at radius 2 is 2.00 bits per heavy atom. The summed E-state index contributed by atoms with van der Waals surface area (Å²) in [5.41, 5.74) is 0.122. The zero-order valence-electron chi connectivity index (χ0n) is 9.89. The summed E-state index contributed by atoms with van der Waals surface area (Å²) in [7, 11) is 0. The van der Waals surface area contributed by atoms with Crippen LogP contribution in [0, 0.1) is 0 Å². The van der Waals surface area contributed by atoms with Gasteiger partial charge in [-0.3, -0.25) is 0 Å². The summed E-state index contributed by atoms with van der Waals surface area (Å²) in [6.45, 7) is 1.15. The predicted molar refractivity (Wildman–Crippen MR) is 64.0 cm³/mol. The molecule has 3 heteroatoms. The molecule has 1 unspecified atom stereocenters. The average molecular weight is 234 g/mol. The van der Waals surface area contributed by atoms with E-state index in [-0.39, 0.29) is 0 Å². The van der Waals surface area contributed by atoms with E-state index in [0.717, 1.165) is 30.8 Å². The van der Waals surface area contributed by atoms with Crippen molar-refractivity contribution in [1.82, 2.24) is 0 Å². The molecule has 1 aromatic rings. The van der Waals surface area contributed by atoms with Crippen molar-refractivity contribution in [3.8, 4) is 5.75 Å². The molecule has 1 N–H and O–H groups in total. The molecular formula is C14H18O3. The van der Waals surface area contributed by atoms with E-state index in [9.17, 15) is 5.11 Å². The molecule has 2 fully saturated rings. The van der Waals surface area contributed by atoms with Crippen LogP contribution in [0.2, 0.25) is 0 Å². The molecule has 17 heavy (non-hydrogen) atoms. The maximum Gasteiger partial charge on any atom is 0.119 e. The first kappa shape index (κ1) is 11.1. The fourth-order valence-electron chi connectivity index (χ4n) is 2.23. The van der Waals surface area contributed by atoms with Gasteiger partial charge in [0.25, 0.3) is 0 Å². The molecular weight excluding hydrogens is 216 g/mol. The van der Waals surface area contributed by atoms with E-state index in [1.165, 1.54) is 12.8 Å². The van der Waals surface area contributed by atoms with Crippen LogP contribution < -0.4 is 4.74 Å². The Balaban J connectivity index is 1.73. The molecule has 3 nitrogen and oxygen atoms in total. The fourth-order valence-corrected chi connectivity index (χ4v) is 2.23. The average Bonchev–Trinajstić information content (AvgIpc) is 3.15. The van der Waals surface area contributed by atoms with E-state index >= 15 is 0 Å². The standard InChI is InChI=1S/C14H18O3/c15-14(8-1-9-16-10-14)11-2-4-12(5-3-11)17-13-6-7-13/h2-5,13,15H,1,6-10H2. The van der Waals surface area contributed by atoms with Crippen molar-refractivity contribution in [2.24, 2.45) is 0 Å². The lowest BCUT2D eigenvalue weighted by Gasteiger charge is -2.32. The first-order chi connectivity index (χ1) is 8.26. The molecule has 1 aliphatic heterocycles. The third-order valence-electron chi connectivity index (χ3n) is 3.44. The Morgan fingerprint density at radius 1 is 1.24 bits per heavy atom. The van der Waals surface area contributed by atoms with Crippen LogP contribution in [0.1, 0.15) is 31.2 Å². The van der Waals surface area contributed by atoms with Gasteiger partial charge >= 0.3 is 0 Å². The predicted octanol–water partition coefficient (Wildman–Crippen LogP) is 2.23. The second-order valence-electron chi connectivity index (χ2n) is 5.03. The Hall–Kier alpha value is -1.06. The van der Waals surface area contributed by atoms with Crippen molar-refractivity contribution < 1.29 is 14.6 Å². The Labute approximate surface area is 101 Å². The second kappa shape index (κ2) is 4.31. The normalized spacial score (nSPS) is 29.0. The molecule has 92 valence electrons. The quantitative estimate of drug-likeness (QED) is 0.871. The van der Waals surface area contributed by atoms with Gasteiger partial charge in [0.15, 0.2) is 0 Å². The van der Waals surface area contributed by atoms with E-state index in [4.69, 9.17) is 9.47 Å². The zero-order valence-corrected chi connectivity index (χ0v) is 9.89. The molecule has 0 bridgehead atoms. The molecule has 0 radical (unpaired) electrons. The van der Waals surface area contributed by atoms with E-state index in [2.05, 4.69) is 0 Å². The summed E-state index contributed by atoms with van der Waals surface area (Å²) in [4.78, 5) is 0. The van der Waals surface area contributed by atoms with Crippen molar-refractivity contribution in [1.29, 1.82) is 0 Å². The SMILES string of the molecule is OC1(c2ccc(OC3CC3)cc2)CCCOC1. The van der Waals surface area contributed by atoms with Gasteiger partial charge in [-0.1, -0.05) is 12.1 Å². The van der Waals surface area contributed by atoms with Crippen molar-refractivity contribution in [3.05, 3.63) is 29.8 Å². The summed E-state index contributed by atoms with van der Waals surface area (Å²) < 4.78 is 11.1. The van der Waals surface area contributed by atoms with E-state index in [1.54, 1.807) is 0 Å². The summed E-state index contributed by atoms with van der Waals surface area (Å²) in [6, 6.07) is 7.79. The van der Waals surface area contributed by atoms with E-state index in [0.29, 0.717) is 12.7 Å². The van der Waals surface area contributed by atoms with Crippen molar-refractivity contribution in [2.75, 3.05) is 13.2 Å². The van der Waals surface area contributed by atoms with Gasteiger partial charge in [-0.25, -0.2) is 0 Å². The molecule has 3 rings (SSSR count). The van der Waals surface area contributed by atoms with Crippen molar-refractivity contribution >= 4 is 0 Å². The number of benzene rings is 1. The number of ether oxygens (including phenoxy) is 2. The van der Waals surface area contributed by atoms with Gasteiger partial charge in [0.05, 0.1) is 12.7 Å². The molecule has 2 aliphatic rings. The molecule has 0 spiro atoms. The molecule has 1 atom stereocenters. The monoisotopic (exact) mass is 234 g/mol. The number of rotatable bonds is 3. The van der Waals surface area contributed by atoms with Crippen LogP contribution in [0.5, 0.6) is 5.75 Å². The zero-order chi connectivity index (χ0) is 11.7. The summed E-state index contributed by atoms with van der Waals surface area (Å²) in [5.74, 6) is 0.900. The largest absolute Gasteiger partial charge is 0.490 e. The molecule has 0 aromatic heterocycles. The lowest BCUT2D eigenvalue weighted by molar-refractivity contribution is -0.0902. The van der Waals surface area contributed by atoms with Gasteiger partial charge in [0.1, 0.15) is 11.4 Å². The third kappa shape index (κ3) is 2.45. The second-order valence-corrected chi connectivity index (χ2v) is 5.03. The maximum atomic E-state index is 10.5. The van der Waals surface area contributed by atoms with Crippen LogP contribution in [0.25, 0.3) is 0 Å². The van der Waals surface area contributed by atoms with Gasteiger partial charge in [0, 0.05) is 6.61 Å². The number of hydrogen-bond acceptors (Lipinski definition) is 3. The van der Waals surface area contributed by atoms with Crippen molar-refractivity contribution in [3.63, 3.8) is 0 Å². The topological polar surface area (TPSA) is 38.7 Å². The number of hydrogen-bond donors (Lipinski definition) is 1. The summed E-state index contributed by atoms with van der Waals surface area (Å²) in [6.07, 6.45) is 4.44. The highest BCUT2D eigenvalue weighted by Gasteiger charge is 2.32. The van der Waals surface area contributed by atoms with Crippen LogP contribution in [0.3, 0.4) is 0 Å². The molecule has 1 aliphatic carbocycles. The van der Waals surface area contributed by atoms with Crippen LogP contribution in [-0.2, 0) is 10.3 Å². The molecule has 1 saturated carbocycles. The Bertz CT molecular complexity index is 375. The smallest absolute Gasteiger partial charge is 0.119 e. The van der Waals surface area contributed by atoms with Gasteiger partial charge in [-0.2, -0.15) is 0 Å². The van der Waals surface area contributed by atoms with Crippen molar-refractivity contribution in [2.45, 2.75) is 37.4 Å². The molecule has 1 heterocycles. The lowest BCUT2D eigenvalue weighted by atomic mass is 9.88. The highest BCUT2D eigenvalue weighted by atomic mass is 16.5. The highest BCUT2D eigenvalue weighted by molar-refractivity contribution is 5.31. The minimum atomic E-state index is -0.809. The Kier molecular flexibility index (Phi) is 2.81. The van der Waals surface area contributed by atoms with Gasteiger partial charge in [0.2, 0.25) is 0 Å². The van der Waals surface area contributed by atoms with E-state index in [1.807, 2.05) is 24.3 Å². The summed E-state index contributed by atoms with van der Waals surface area (Å²) >= 11 is 0. The minimum absolute atomic E-state index is 0.399. The first-order valence-electron chi connectivity index (χ1n) is 6.34. The lowest BCUT2D eigenvalue weighted by Crippen LogP contribution is -2.35. The minimum Gasteiger partial charge on any atom is -0.490 e. The molecule has 1 saturated heterocycles. The summed E-state index contributed by atoms with van der Waals surface area (Å²) in [5, 5.41) is 10.5. The van der Waals surface area contributed by atoms with Crippen LogP contribution in [0.15, 0.2) is 24.3 Å². The van der Waals surface area contributed by atoms with Gasteiger partial charge in [-0.15, -0.1) is 0 Å². The van der Waals surface area contributed by atoms with Gasteiger partial charge in [-0.05, 0) is 43.4 Å². The van der Waals surface area contributed by atoms with Crippen LogP contribution in [-0.4, -0.2) is 24.4 Å². The Morgan fingerprint density at radius 3 is 2.59 bits per heavy atom.